The first kappa shape index (κ1) is 15.1. The minimum atomic E-state index is -0.507. The van der Waals surface area contributed by atoms with Crippen molar-refractivity contribution in [1.29, 1.82) is 5.26 Å². The molecule has 0 heterocycles. The molecular weight excluding hydrogens is 265 g/mol. The molecule has 0 saturated carbocycles. The van der Waals surface area contributed by atoms with E-state index in [1.54, 1.807) is 6.07 Å². The highest BCUT2D eigenvalue weighted by Gasteiger charge is 2.13. The summed E-state index contributed by atoms with van der Waals surface area (Å²) in [5.41, 5.74) is 2.71. The Bertz CT molecular complexity index is 686. The first-order chi connectivity index (χ1) is 10.1. The predicted molar refractivity (Wildman–Crippen MR) is 81.7 cm³/mol. The maximum Gasteiger partial charge on any atom is 0.141 e. The number of para-hydroxylation sites is 1. The van der Waals surface area contributed by atoms with Gasteiger partial charge in [-0.1, -0.05) is 31.2 Å². The molecule has 0 saturated heterocycles. The highest BCUT2D eigenvalue weighted by Crippen LogP contribution is 2.35. The number of halogens is 1. The number of ether oxygens (including phenoxy) is 1. The number of hydrogen-bond acceptors (Lipinski definition) is 2. The third-order valence-electron chi connectivity index (χ3n) is 3.23. The Labute approximate surface area is 124 Å². The van der Waals surface area contributed by atoms with Gasteiger partial charge in [-0.15, -0.1) is 0 Å². The molecule has 2 aromatic carbocycles. The molecule has 108 valence electrons. The van der Waals surface area contributed by atoms with Crippen LogP contribution in [0.15, 0.2) is 36.4 Å². The van der Waals surface area contributed by atoms with Crippen molar-refractivity contribution < 1.29 is 9.13 Å². The van der Waals surface area contributed by atoms with Crippen LogP contribution in [0.1, 0.15) is 31.9 Å². The Balaban J connectivity index is 2.58. The highest BCUT2D eigenvalue weighted by molar-refractivity contribution is 5.73. The molecule has 0 bridgehead atoms. The third-order valence-corrected chi connectivity index (χ3v) is 3.23. The molecule has 0 spiro atoms. The van der Waals surface area contributed by atoms with E-state index in [4.69, 9.17) is 10.00 Å². The van der Waals surface area contributed by atoms with Crippen molar-refractivity contribution in [2.75, 3.05) is 0 Å². The van der Waals surface area contributed by atoms with Gasteiger partial charge < -0.3 is 4.74 Å². The fourth-order valence-electron chi connectivity index (χ4n) is 2.24. The molecule has 3 heteroatoms. The SMILES string of the molecule is CCc1cccc(-c2ccc(C#N)c(F)c2)c1OC(C)C. The number of nitriles is 1. The summed E-state index contributed by atoms with van der Waals surface area (Å²) in [6.45, 7) is 6.00. The lowest BCUT2D eigenvalue weighted by molar-refractivity contribution is 0.241. The molecule has 0 radical (unpaired) electrons. The molecule has 0 atom stereocenters. The predicted octanol–water partition coefficient (Wildman–Crippen LogP) is 4.71. The molecule has 0 aromatic heterocycles. The van der Waals surface area contributed by atoms with Crippen molar-refractivity contribution in [3.05, 3.63) is 53.3 Å². The average Bonchev–Trinajstić information content (AvgIpc) is 2.46. The summed E-state index contributed by atoms with van der Waals surface area (Å²) in [6.07, 6.45) is 0.883. The van der Waals surface area contributed by atoms with Gasteiger partial charge in [0.2, 0.25) is 0 Å². The summed E-state index contributed by atoms with van der Waals surface area (Å²) >= 11 is 0. The Morgan fingerprint density at radius 3 is 2.57 bits per heavy atom. The lowest BCUT2D eigenvalue weighted by Gasteiger charge is -2.18. The van der Waals surface area contributed by atoms with Crippen LogP contribution in [0, 0.1) is 17.1 Å². The third kappa shape index (κ3) is 3.22. The van der Waals surface area contributed by atoms with Crippen LogP contribution in [0.4, 0.5) is 4.39 Å². The Hall–Kier alpha value is -2.34. The molecule has 0 amide bonds. The molecule has 2 aromatic rings. The van der Waals surface area contributed by atoms with E-state index < -0.39 is 5.82 Å². The van der Waals surface area contributed by atoms with Crippen LogP contribution in [0.3, 0.4) is 0 Å². The van der Waals surface area contributed by atoms with E-state index in [1.807, 2.05) is 38.1 Å². The number of benzene rings is 2. The lowest BCUT2D eigenvalue weighted by atomic mass is 9.99. The van der Waals surface area contributed by atoms with E-state index >= 15 is 0 Å². The minimum absolute atomic E-state index is 0.0414. The van der Waals surface area contributed by atoms with Crippen LogP contribution in [-0.4, -0.2) is 6.10 Å². The van der Waals surface area contributed by atoms with Gasteiger partial charge in [0.25, 0.3) is 0 Å². The lowest BCUT2D eigenvalue weighted by Crippen LogP contribution is -2.08. The largest absolute Gasteiger partial charge is 0.490 e. The second-order valence-corrected chi connectivity index (χ2v) is 5.12. The minimum Gasteiger partial charge on any atom is -0.490 e. The van der Waals surface area contributed by atoms with Crippen LogP contribution in [0.2, 0.25) is 0 Å². The maximum atomic E-state index is 13.8. The van der Waals surface area contributed by atoms with Crippen LogP contribution >= 0.6 is 0 Å². The molecule has 0 unspecified atom stereocenters. The van der Waals surface area contributed by atoms with Gasteiger partial charge in [0.05, 0.1) is 11.7 Å². The van der Waals surface area contributed by atoms with Crippen molar-refractivity contribution in [3.63, 3.8) is 0 Å². The molecule has 0 aliphatic rings. The monoisotopic (exact) mass is 283 g/mol. The van der Waals surface area contributed by atoms with Crippen molar-refractivity contribution in [1.82, 2.24) is 0 Å². The van der Waals surface area contributed by atoms with Crippen LogP contribution in [-0.2, 0) is 6.42 Å². The van der Waals surface area contributed by atoms with Crippen molar-refractivity contribution in [3.8, 4) is 22.9 Å². The standard InChI is InChI=1S/C18H18FNO/c1-4-13-6-5-7-16(18(13)21-12(2)3)14-8-9-15(11-20)17(19)10-14/h5-10,12H,4H2,1-3H3. The maximum absolute atomic E-state index is 13.8. The van der Waals surface area contributed by atoms with E-state index in [9.17, 15) is 4.39 Å². The Morgan fingerprint density at radius 2 is 2.00 bits per heavy atom. The summed E-state index contributed by atoms with van der Waals surface area (Å²) in [7, 11) is 0. The quantitative estimate of drug-likeness (QED) is 0.813. The van der Waals surface area contributed by atoms with E-state index in [-0.39, 0.29) is 11.7 Å². The van der Waals surface area contributed by atoms with Gasteiger partial charge in [-0.25, -0.2) is 4.39 Å². The molecule has 0 N–H and O–H groups in total. The summed E-state index contributed by atoms with van der Waals surface area (Å²) in [5.74, 6) is 0.284. The van der Waals surface area contributed by atoms with Crippen molar-refractivity contribution in [2.45, 2.75) is 33.3 Å². The van der Waals surface area contributed by atoms with Gasteiger partial charge in [-0.2, -0.15) is 5.26 Å². The number of rotatable bonds is 4. The van der Waals surface area contributed by atoms with E-state index in [0.29, 0.717) is 0 Å². The zero-order valence-electron chi connectivity index (χ0n) is 12.5. The fraction of sp³-hybridized carbons (Fsp3) is 0.278. The molecule has 2 nitrogen and oxygen atoms in total. The first-order valence-corrected chi connectivity index (χ1v) is 7.05. The number of nitrogens with zero attached hydrogens (tertiary/aromatic N) is 1. The van der Waals surface area contributed by atoms with Crippen LogP contribution in [0.5, 0.6) is 5.75 Å². The zero-order valence-corrected chi connectivity index (χ0v) is 12.5. The van der Waals surface area contributed by atoms with E-state index in [0.717, 1.165) is 28.9 Å². The highest BCUT2D eigenvalue weighted by atomic mass is 19.1. The summed E-state index contributed by atoms with van der Waals surface area (Å²) in [6, 6.07) is 12.4. The number of aryl methyl sites for hydroxylation is 1. The first-order valence-electron chi connectivity index (χ1n) is 7.05. The van der Waals surface area contributed by atoms with Crippen LogP contribution in [0.25, 0.3) is 11.1 Å². The summed E-state index contributed by atoms with van der Waals surface area (Å²) < 4.78 is 19.8. The smallest absolute Gasteiger partial charge is 0.141 e. The Morgan fingerprint density at radius 1 is 1.24 bits per heavy atom. The van der Waals surface area contributed by atoms with Gasteiger partial charge >= 0.3 is 0 Å². The fourth-order valence-corrected chi connectivity index (χ4v) is 2.24. The van der Waals surface area contributed by atoms with Gasteiger partial charge in [-0.05, 0) is 43.5 Å². The summed E-state index contributed by atoms with van der Waals surface area (Å²) in [5, 5.41) is 8.82. The van der Waals surface area contributed by atoms with E-state index in [1.165, 1.54) is 12.1 Å². The Kier molecular flexibility index (Phi) is 4.59. The molecule has 0 fully saturated rings. The average molecular weight is 283 g/mol. The van der Waals surface area contributed by atoms with Crippen LogP contribution < -0.4 is 4.74 Å². The summed E-state index contributed by atoms with van der Waals surface area (Å²) in [4.78, 5) is 0. The topological polar surface area (TPSA) is 33.0 Å². The van der Waals surface area contributed by atoms with Gasteiger partial charge in [0.1, 0.15) is 17.6 Å². The second kappa shape index (κ2) is 6.41. The second-order valence-electron chi connectivity index (χ2n) is 5.12. The normalized spacial score (nSPS) is 10.5. The molecule has 0 aliphatic heterocycles. The van der Waals surface area contributed by atoms with Gasteiger partial charge in [0.15, 0.2) is 0 Å². The molecular formula is C18H18FNO. The zero-order chi connectivity index (χ0) is 15.4. The van der Waals surface area contributed by atoms with Crippen molar-refractivity contribution in [2.24, 2.45) is 0 Å². The molecule has 0 aliphatic carbocycles. The molecule has 21 heavy (non-hydrogen) atoms. The molecule has 2 rings (SSSR count). The van der Waals surface area contributed by atoms with Crippen molar-refractivity contribution >= 4 is 0 Å². The number of hydrogen-bond donors (Lipinski definition) is 0. The van der Waals surface area contributed by atoms with E-state index in [2.05, 4.69) is 6.92 Å². The van der Waals surface area contributed by atoms with Gasteiger partial charge in [-0.3, -0.25) is 0 Å². The van der Waals surface area contributed by atoms with Gasteiger partial charge in [0, 0.05) is 5.56 Å².